The number of benzene rings is 2. The van der Waals surface area contributed by atoms with Crippen molar-refractivity contribution in [3.8, 4) is 5.75 Å². The van der Waals surface area contributed by atoms with E-state index in [1.807, 2.05) is 48.5 Å². The fourth-order valence-corrected chi connectivity index (χ4v) is 4.61. The van der Waals surface area contributed by atoms with Gasteiger partial charge in [-0.15, -0.1) is 0 Å². The van der Waals surface area contributed by atoms with Gasteiger partial charge in [-0.2, -0.15) is 0 Å². The number of fused-ring (bicyclic) bond motifs is 1. The summed E-state index contributed by atoms with van der Waals surface area (Å²) in [4.78, 5) is 16.1. The van der Waals surface area contributed by atoms with Gasteiger partial charge in [0.2, 0.25) is 0 Å². The zero-order chi connectivity index (χ0) is 25.6. The molecule has 0 bridgehead atoms. The van der Waals surface area contributed by atoms with Crippen LogP contribution in [0.5, 0.6) is 5.75 Å². The molecule has 1 heterocycles. The number of carbonyl (C=O) groups is 1. The second-order valence-corrected chi connectivity index (χ2v) is 9.81. The first-order chi connectivity index (χ1) is 17.7. The molecular weight excluding hydrogens is 446 g/mol. The average molecular weight is 492 g/mol. The molecule has 0 fully saturated rings. The van der Waals surface area contributed by atoms with Gasteiger partial charge in [-0.05, 0) is 88.5 Å². The van der Waals surface area contributed by atoms with E-state index in [-0.39, 0.29) is 5.78 Å². The third kappa shape index (κ3) is 8.23. The van der Waals surface area contributed by atoms with Crippen LogP contribution in [-0.2, 0) is 6.42 Å². The summed E-state index contributed by atoms with van der Waals surface area (Å²) < 4.78 is 12.0. The molecule has 0 aliphatic heterocycles. The average Bonchev–Trinajstić information content (AvgIpc) is 3.28. The Morgan fingerprint density at radius 3 is 2.14 bits per heavy atom. The third-order valence-electron chi connectivity index (χ3n) is 6.81. The van der Waals surface area contributed by atoms with Crippen LogP contribution in [0.3, 0.4) is 0 Å². The van der Waals surface area contributed by atoms with Crippen molar-refractivity contribution in [2.75, 3.05) is 26.2 Å². The maximum atomic E-state index is 13.4. The minimum Gasteiger partial charge on any atom is -0.494 e. The molecule has 0 saturated heterocycles. The number of ether oxygens (including phenoxy) is 1. The SMILES string of the molecule is CCCCc1oc2ccccc2c1C(=O)c1ccc(OCCCCCN(CCCC)CCCC)cc1. The van der Waals surface area contributed by atoms with Crippen molar-refractivity contribution in [3.05, 3.63) is 65.4 Å². The Labute approximate surface area is 218 Å². The van der Waals surface area contributed by atoms with Crippen LogP contribution >= 0.6 is 0 Å². The highest BCUT2D eigenvalue weighted by molar-refractivity contribution is 6.16. The summed E-state index contributed by atoms with van der Waals surface area (Å²) in [5, 5.41) is 0.900. The Bertz CT molecular complexity index is 1030. The molecule has 0 saturated carbocycles. The summed E-state index contributed by atoms with van der Waals surface area (Å²) in [5.41, 5.74) is 2.16. The first-order valence-electron chi connectivity index (χ1n) is 14.2. The van der Waals surface area contributed by atoms with Gasteiger partial charge in [-0.25, -0.2) is 0 Å². The quantitative estimate of drug-likeness (QED) is 0.132. The summed E-state index contributed by atoms with van der Waals surface area (Å²) in [7, 11) is 0. The van der Waals surface area contributed by atoms with Crippen molar-refractivity contribution in [1.29, 1.82) is 0 Å². The van der Waals surface area contributed by atoms with Crippen molar-refractivity contribution in [2.24, 2.45) is 0 Å². The standard InChI is InChI=1S/C32H45NO3/c1-4-7-16-30-31(28-15-11-12-17-29(28)36-30)32(34)26-18-20-27(21-19-26)35-25-14-10-13-24-33(22-8-5-2)23-9-6-3/h11-12,15,17-21H,4-10,13-14,16,22-25H2,1-3H3. The van der Waals surface area contributed by atoms with E-state index in [0.29, 0.717) is 17.7 Å². The van der Waals surface area contributed by atoms with E-state index in [1.165, 1.54) is 58.2 Å². The second-order valence-electron chi connectivity index (χ2n) is 9.81. The lowest BCUT2D eigenvalue weighted by atomic mass is 9.98. The van der Waals surface area contributed by atoms with Crippen LogP contribution in [0.1, 0.15) is 100 Å². The van der Waals surface area contributed by atoms with Gasteiger partial charge in [0.05, 0.1) is 12.2 Å². The largest absolute Gasteiger partial charge is 0.494 e. The Hall–Kier alpha value is -2.59. The number of hydrogen-bond donors (Lipinski definition) is 0. The Kier molecular flexibility index (Phi) is 12.1. The van der Waals surface area contributed by atoms with Gasteiger partial charge in [-0.3, -0.25) is 4.79 Å². The van der Waals surface area contributed by atoms with E-state index in [4.69, 9.17) is 9.15 Å². The number of furan rings is 1. The van der Waals surface area contributed by atoms with Gasteiger partial charge >= 0.3 is 0 Å². The predicted octanol–water partition coefficient (Wildman–Crippen LogP) is 8.46. The molecule has 0 atom stereocenters. The summed E-state index contributed by atoms with van der Waals surface area (Å²) in [6.45, 7) is 11.0. The van der Waals surface area contributed by atoms with E-state index in [0.717, 1.165) is 48.2 Å². The molecule has 4 nitrogen and oxygen atoms in total. The predicted molar refractivity (Wildman–Crippen MR) is 150 cm³/mol. The zero-order valence-electron chi connectivity index (χ0n) is 22.7. The zero-order valence-corrected chi connectivity index (χ0v) is 22.7. The van der Waals surface area contributed by atoms with Gasteiger partial charge < -0.3 is 14.1 Å². The molecular formula is C32H45NO3. The first-order valence-corrected chi connectivity index (χ1v) is 14.2. The summed E-state index contributed by atoms with van der Waals surface area (Å²) in [6.07, 6.45) is 11.4. The first kappa shape index (κ1) is 28.0. The topological polar surface area (TPSA) is 42.7 Å². The minimum absolute atomic E-state index is 0.0216. The molecule has 3 rings (SSSR count). The fourth-order valence-electron chi connectivity index (χ4n) is 4.61. The Balaban J connectivity index is 1.49. The lowest BCUT2D eigenvalue weighted by Crippen LogP contribution is -2.27. The van der Waals surface area contributed by atoms with Crippen molar-refractivity contribution in [2.45, 2.75) is 85.0 Å². The normalized spacial score (nSPS) is 11.4. The van der Waals surface area contributed by atoms with Gasteiger partial charge in [0.15, 0.2) is 5.78 Å². The molecule has 0 spiro atoms. The molecule has 0 aliphatic carbocycles. The molecule has 0 N–H and O–H groups in total. The minimum atomic E-state index is 0.0216. The highest BCUT2D eigenvalue weighted by Crippen LogP contribution is 2.29. The van der Waals surface area contributed by atoms with Crippen LogP contribution in [0.4, 0.5) is 0 Å². The lowest BCUT2D eigenvalue weighted by molar-refractivity contribution is 0.103. The summed E-state index contributed by atoms with van der Waals surface area (Å²) in [6, 6.07) is 15.4. The highest BCUT2D eigenvalue weighted by atomic mass is 16.5. The van der Waals surface area contributed by atoms with Crippen LogP contribution in [0.25, 0.3) is 11.0 Å². The van der Waals surface area contributed by atoms with Crippen LogP contribution in [0.2, 0.25) is 0 Å². The Morgan fingerprint density at radius 2 is 1.44 bits per heavy atom. The molecule has 196 valence electrons. The smallest absolute Gasteiger partial charge is 0.197 e. The molecule has 36 heavy (non-hydrogen) atoms. The van der Waals surface area contributed by atoms with E-state index in [9.17, 15) is 4.79 Å². The molecule has 0 amide bonds. The van der Waals surface area contributed by atoms with Gasteiger partial charge in [-0.1, -0.05) is 58.2 Å². The molecule has 0 radical (unpaired) electrons. The monoisotopic (exact) mass is 491 g/mol. The number of rotatable bonds is 18. The Morgan fingerprint density at radius 1 is 0.778 bits per heavy atom. The number of para-hydroxylation sites is 1. The number of unbranched alkanes of at least 4 members (excludes halogenated alkanes) is 5. The maximum Gasteiger partial charge on any atom is 0.197 e. The summed E-state index contributed by atoms with van der Waals surface area (Å²) in [5.74, 6) is 1.64. The molecule has 4 heteroatoms. The van der Waals surface area contributed by atoms with Gasteiger partial charge in [0.25, 0.3) is 0 Å². The summed E-state index contributed by atoms with van der Waals surface area (Å²) >= 11 is 0. The molecule has 3 aromatic rings. The van der Waals surface area contributed by atoms with E-state index >= 15 is 0 Å². The lowest BCUT2D eigenvalue weighted by Gasteiger charge is -2.21. The van der Waals surface area contributed by atoms with E-state index in [2.05, 4.69) is 25.7 Å². The van der Waals surface area contributed by atoms with E-state index < -0.39 is 0 Å². The van der Waals surface area contributed by atoms with E-state index in [1.54, 1.807) is 0 Å². The van der Waals surface area contributed by atoms with Crippen molar-refractivity contribution >= 4 is 16.8 Å². The fraction of sp³-hybridized carbons (Fsp3) is 0.531. The van der Waals surface area contributed by atoms with Crippen molar-refractivity contribution < 1.29 is 13.9 Å². The molecule has 0 aliphatic rings. The number of ketones is 1. The molecule has 2 aromatic carbocycles. The molecule has 1 aromatic heterocycles. The van der Waals surface area contributed by atoms with Gasteiger partial charge in [0, 0.05) is 17.4 Å². The van der Waals surface area contributed by atoms with Gasteiger partial charge in [0.1, 0.15) is 17.1 Å². The third-order valence-corrected chi connectivity index (χ3v) is 6.81. The maximum absolute atomic E-state index is 13.4. The van der Waals surface area contributed by atoms with Crippen LogP contribution in [0.15, 0.2) is 52.9 Å². The van der Waals surface area contributed by atoms with Crippen LogP contribution in [-0.4, -0.2) is 36.9 Å². The highest BCUT2D eigenvalue weighted by Gasteiger charge is 2.21. The van der Waals surface area contributed by atoms with Crippen molar-refractivity contribution in [1.82, 2.24) is 4.90 Å². The number of carbonyl (C=O) groups excluding carboxylic acids is 1. The van der Waals surface area contributed by atoms with Crippen LogP contribution < -0.4 is 4.74 Å². The second kappa shape index (κ2) is 15.5. The number of aryl methyl sites for hydroxylation is 1. The van der Waals surface area contributed by atoms with Crippen LogP contribution in [0, 0.1) is 0 Å². The molecule has 0 unspecified atom stereocenters. The number of nitrogens with zero attached hydrogens (tertiary/aromatic N) is 1. The van der Waals surface area contributed by atoms with Crippen molar-refractivity contribution in [3.63, 3.8) is 0 Å². The number of hydrogen-bond acceptors (Lipinski definition) is 4.